The van der Waals surface area contributed by atoms with Crippen LogP contribution in [0.15, 0.2) is 54.6 Å². The normalized spacial score (nSPS) is 15.9. The van der Waals surface area contributed by atoms with Crippen molar-refractivity contribution in [2.45, 2.75) is 6.54 Å². The van der Waals surface area contributed by atoms with Crippen LogP contribution in [0, 0.1) is 0 Å². The number of rotatable bonds is 7. The highest BCUT2D eigenvalue weighted by Gasteiger charge is 2.18. The minimum Gasteiger partial charge on any atom is -0.486 e. The van der Waals surface area contributed by atoms with E-state index in [1.54, 1.807) is 18.2 Å². The molecule has 194 valence electrons. The van der Waals surface area contributed by atoms with Crippen LogP contribution >= 0.6 is 23.2 Å². The van der Waals surface area contributed by atoms with Crippen LogP contribution in [0.3, 0.4) is 0 Å². The van der Waals surface area contributed by atoms with Gasteiger partial charge in [0, 0.05) is 44.0 Å². The van der Waals surface area contributed by atoms with Crippen molar-refractivity contribution >= 4 is 34.8 Å². The third-order valence-corrected chi connectivity index (χ3v) is 7.23. The van der Waals surface area contributed by atoms with Gasteiger partial charge in [-0.1, -0.05) is 35.3 Å². The lowest BCUT2D eigenvalue weighted by molar-refractivity contribution is -0.118. The van der Waals surface area contributed by atoms with E-state index in [1.807, 2.05) is 30.3 Å². The molecular formula is C28H29Cl2N3O4. The fraction of sp³-hybridized carbons (Fsp3) is 0.321. The van der Waals surface area contributed by atoms with Gasteiger partial charge >= 0.3 is 0 Å². The van der Waals surface area contributed by atoms with Gasteiger partial charge in [0.05, 0.1) is 10.0 Å². The SMILES string of the molecule is CN1CCN(Cc2cc(-c3ccc4c(c3)OCCO4)ccc2OCC(=O)Nc2ccc(Cl)c(Cl)c2)CC1. The summed E-state index contributed by atoms with van der Waals surface area (Å²) in [6, 6.07) is 17.0. The van der Waals surface area contributed by atoms with Gasteiger partial charge in [-0.15, -0.1) is 0 Å². The summed E-state index contributed by atoms with van der Waals surface area (Å²) in [4.78, 5) is 17.3. The Bertz CT molecular complexity index is 1280. The third-order valence-electron chi connectivity index (χ3n) is 6.49. The zero-order chi connectivity index (χ0) is 25.8. The Balaban J connectivity index is 1.34. The van der Waals surface area contributed by atoms with Crippen molar-refractivity contribution in [2.75, 3.05) is 58.4 Å². The lowest BCUT2D eigenvalue weighted by Gasteiger charge is -2.32. The van der Waals surface area contributed by atoms with Crippen molar-refractivity contribution in [3.63, 3.8) is 0 Å². The van der Waals surface area contributed by atoms with Gasteiger partial charge < -0.3 is 24.4 Å². The molecule has 2 aliphatic rings. The van der Waals surface area contributed by atoms with Crippen LogP contribution in [-0.2, 0) is 11.3 Å². The van der Waals surface area contributed by atoms with Crippen LogP contribution in [0.4, 0.5) is 5.69 Å². The molecule has 0 aliphatic carbocycles. The number of likely N-dealkylation sites (N-methyl/N-ethyl adjacent to an activating group) is 1. The van der Waals surface area contributed by atoms with E-state index in [2.05, 4.69) is 28.2 Å². The molecule has 0 unspecified atom stereocenters. The van der Waals surface area contributed by atoms with Crippen LogP contribution < -0.4 is 19.5 Å². The van der Waals surface area contributed by atoms with Crippen molar-refractivity contribution in [1.29, 1.82) is 0 Å². The maximum absolute atomic E-state index is 12.6. The van der Waals surface area contributed by atoms with Gasteiger partial charge in [-0.3, -0.25) is 9.69 Å². The van der Waals surface area contributed by atoms with Crippen molar-refractivity contribution in [2.24, 2.45) is 0 Å². The van der Waals surface area contributed by atoms with E-state index in [4.69, 9.17) is 37.4 Å². The van der Waals surface area contributed by atoms with Crippen molar-refractivity contribution in [1.82, 2.24) is 9.80 Å². The first kappa shape index (κ1) is 25.7. The quantitative estimate of drug-likeness (QED) is 0.443. The van der Waals surface area contributed by atoms with Crippen molar-refractivity contribution in [3.8, 4) is 28.4 Å². The van der Waals surface area contributed by atoms with E-state index >= 15 is 0 Å². The minimum atomic E-state index is -0.278. The van der Waals surface area contributed by atoms with Gasteiger partial charge in [-0.2, -0.15) is 0 Å². The summed E-state index contributed by atoms with van der Waals surface area (Å²) < 4.78 is 17.5. The van der Waals surface area contributed by atoms with E-state index in [0.29, 0.717) is 34.7 Å². The lowest BCUT2D eigenvalue weighted by Crippen LogP contribution is -2.43. The Morgan fingerprint density at radius 1 is 0.892 bits per heavy atom. The first-order chi connectivity index (χ1) is 17.9. The average Bonchev–Trinajstić information content (AvgIpc) is 2.91. The molecule has 0 aromatic heterocycles. The molecule has 0 bridgehead atoms. The number of nitrogens with zero attached hydrogens (tertiary/aromatic N) is 2. The molecule has 0 spiro atoms. The van der Waals surface area contributed by atoms with Crippen molar-refractivity contribution < 1.29 is 19.0 Å². The maximum Gasteiger partial charge on any atom is 0.262 e. The Labute approximate surface area is 226 Å². The largest absolute Gasteiger partial charge is 0.486 e. The van der Waals surface area contributed by atoms with Gasteiger partial charge in [-0.05, 0) is 60.6 Å². The third kappa shape index (κ3) is 6.48. The molecule has 0 atom stereocenters. The van der Waals surface area contributed by atoms with E-state index in [1.165, 1.54) is 0 Å². The number of hydrogen-bond acceptors (Lipinski definition) is 6. The zero-order valence-corrected chi connectivity index (χ0v) is 22.1. The van der Waals surface area contributed by atoms with E-state index in [9.17, 15) is 4.79 Å². The number of ether oxygens (including phenoxy) is 3. The molecule has 0 radical (unpaired) electrons. The predicted molar refractivity (Wildman–Crippen MR) is 146 cm³/mol. The molecule has 1 saturated heterocycles. The molecule has 1 fully saturated rings. The first-order valence-corrected chi connectivity index (χ1v) is 13.0. The number of carbonyl (C=O) groups is 1. The molecule has 7 nitrogen and oxygen atoms in total. The number of carbonyl (C=O) groups excluding carboxylic acids is 1. The topological polar surface area (TPSA) is 63.3 Å². The predicted octanol–water partition coefficient (Wildman–Crippen LogP) is 5.20. The highest BCUT2D eigenvalue weighted by Crippen LogP contribution is 2.36. The van der Waals surface area contributed by atoms with Crippen LogP contribution in [0.1, 0.15) is 5.56 Å². The van der Waals surface area contributed by atoms with E-state index < -0.39 is 0 Å². The molecule has 1 amide bonds. The number of halogens is 2. The summed E-state index contributed by atoms with van der Waals surface area (Å²) in [5, 5.41) is 3.62. The van der Waals surface area contributed by atoms with E-state index in [0.717, 1.165) is 60.9 Å². The second-order valence-electron chi connectivity index (χ2n) is 9.23. The fourth-order valence-electron chi connectivity index (χ4n) is 4.41. The number of anilines is 1. The van der Waals surface area contributed by atoms with Crippen LogP contribution in [-0.4, -0.2) is 68.8 Å². The number of nitrogens with one attached hydrogen (secondary N) is 1. The van der Waals surface area contributed by atoms with Gasteiger partial charge in [0.15, 0.2) is 18.1 Å². The van der Waals surface area contributed by atoms with Crippen LogP contribution in [0.2, 0.25) is 10.0 Å². The lowest BCUT2D eigenvalue weighted by atomic mass is 10.0. The molecule has 9 heteroatoms. The number of piperazine rings is 1. The number of hydrogen-bond donors (Lipinski definition) is 1. The molecular weight excluding hydrogens is 513 g/mol. The molecule has 0 saturated carbocycles. The second-order valence-corrected chi connectivity index (χ2v) is 10.0. The van der Waals surface area contributed by atoms with Crippen LogP contribution in [0.25, 0.3) is 11.1 Å². The van der Waals surface area contributed by atoms with Gasteiger partial charge in [0.1, 0.15) is 19.0 Å². The second kappa shape index (κ2) is 11.6. The molecule has 1 N–H and O–H groups in total. The molecule has 3 aromatic rings. The molecule has 37 heavy (non-hydrogen) atoms. The summed E-state index contributed by atoms with van der Waals surface area (Å²) >= 11 is 12.0. The van der Waals surface area contributed by atoms with E-state index in [-0.39, 0.29) is 12.5 Å². The summed E-state index contributed by atoms with van der Waals surface area (Å²) in [7, 11) is 2.14. The maximum atomic E-state index is 12.6. The summed E-state index contributed by atoms with van der Waals surface area (Å²) in [6.07, 6.45) is 0. The monoisotopic (exact) mass is 541 g/mol. The minimum absolute atomic E-state index is 0.126. The Hall–Kier alpha value is -2.97. The van der Waals surface area contributed by atoms with Gasteiger partial charge in [-0.25, -0.2) is 0 Å². The number of benzene rings is 3. The highest BCUT2D eigenvalue weighted by atomic mass is 35.5. The molecule has 5 rings (SSSR count). The summed E-state index contributed by atoms with van der Waals surface area (Å²) in [5.74, 6) is 1.92. The molecule has 3 aromatic carbocycles. The summed E-state index contributed by atoms with van der Waals surface area (Å²) in [5.41, 5.74) is 3.68. The summed E-state index contributed by atoms with van der Waals surface area (Å²) in [6.45, 7) is 5.70. The highest BCUT2D eigenvalue weighted by molar-refractivity contribution is 6.42. The number of fused-ring (bicyclic) bond motifs is 1. The smallest absolute Gasteiger partial charge is 0.262 e. The average molecular weight is 542 g/mol. The van der Waals surface area contributed by atoms with Gasteiger partial charge in [0.25, 0.3) is 5.91 Å². The van der Waals surface area contributed by atoms with Gasteiger partial charge in [0.2, 0.25) is 0 Å². The standard InChI is InChI=1S/C28H29Cl2N3O4/c1-32-8-10-33(11-9-32)17-21-14-19(20-3-7-26-27(15-20)36-13-12-35-26)2-6-25(21)37-18-28(34)31-22-4-5-23(29)24(30)16-22/h2-7,14-16H,8-13,17-18H2,1H3,(H,31,34). The fourth-order valence-corrected chi connectivity index (χ4v) is 4.71. The Kier molecular flexibility index (Phi) is 8.05. The zero-order valence-electron chi connectivity index (χ0n) is 20.6. The molecule has 2 aliphatic heterocycles. The van der Waals surface area contributed by atoms with Crippen molar-refractivity contribution in [3.05, 3.63) is 70.2 Å². The molecule has 2 heterocycles. The van der Waals surface area contributed by atoms with Crippen LogP contribution in [0.5, 0.6) is 17.2 Å². The Morgan fingerprint density at radius 2 is 1.62 bits per heavy atom. The first-order valence-electron chi connectivity index (χ1n) is 12.3. The number of amides is 1. The Morgan fingerprint density at radius 3 is 2.41 bits per heavy atom.